The lowest BCUT2D eigenvalue weighted by Crippen LogP contribution is -2.48. The van der Waals surface area contributed by atoms with Gasteiger partial charge in [0, 0.05) is 13.1 Å². The van der Waals surface area contributed by atoms with E-state index in [-0.39, 0.29) is 29.8 Å². The van der Waals surface area contributed by atoms with Crippen LogP contribution in [0.2, 0.25) is 0 Å². The van der Waals surface area contributed by atoms with E-state index in [1.807, 2.05) is 13.8 Å². The van der Waals surface area contributed by atoms with Crippen molar-refractivity contribution in [2.75, 3.05) is 14.2 Å². The summed E-state index contributed by atoms with van der Waals surface area (Å²) < 4.78 is 30.2. The molecular formula is C17H25N3O5S. The summed E-state index contributed by atoms with van der Waals surface area (Å²) in [7, 11) is 0.231. The fourth-order valence-electron chi connectivity index (χ4n) is 2.57. The SMILES string of the molecule is CCCCC(C)N(C(=O)Cc1ccc(OC)c(N=S(=O)=O)c1)C(=O)NC. The molecule has 0 aromatic heterocycles. The summed E-state index contributed by atoms with van der Waals surface area (Å²) >= 11 is 0. The summed E-state index contributed by atoms with van der Waals surface area (Å²) in [5.74, 6) is -0.0859. The number of ether oxygens (including phenoxy) is 1. The monoisotopic (exact) mass is 383 g/mol. The molecule has 26 heavy (non-hydrogen) atoms. The first-order chi connectivity index (χ1) is 12.3. The molecule has 0 aliphatic rings. The maximum atomic E-state index is 12.7. The van der Waals surface area contributed by atoms with Crippen LogP contribution in [0.3, 0.4) is 0 Å². The Hall–Kier alpha value is -2.42. The number of hydrogen-bond acceptors (Lipinski definition) is 6. The standard InChI is InChI=1S/C17H25N3O5S/c1-5-6-7-12(2)20(17(22)18-3)16(21)11-13-8-9-15(25-4)14(10-13)19-26(23)24/h8-10,12H,5-7,11H2,1-4H3,(H,18,22). The van der Waals surface area contributed by atoms with E-state index in [1.165, 1.54) is 25.1 Å². The second kappa shape index (κ2) is 10.5. The van der Waals surface area contributed by atoms with E-state index in [9.17, 15) is 18.0 Å². The highest BCUT2D eigenvalue weighted by molar-refractivity contribution is 7.61. The molecular weight excluding hydrogens is 358 g/mol. The van der Waals surface area contributed by atoms with Crippen LogP contribution in [0, 0.1) is 0 Å². The number of nitrogens with zero attached hydrogens (tertiary/aromatic N) is 2. The highest BCUT2D eigenvalue weighted by atomic mass is 32.2. The van der Waals surface area contributed by atoms with Crippen LogP contribution in [0.15, 0.2) is 22.6 Å². The van der Waals surface area contributed by atoms with Gasteiger partial charge in [0.05, 0.1) is 13.5 Å². The Bertz CT molecular complexity index is 769. The third-order valence-corrected chi connectivity index (χ3v) is 4.23. The van der Waals surface area contributed by atoms with Crippen molar-refractivity contribution in [2.24, 2.45) is 4.36 Å². The molecule has 1 unspecified atom stereocenters. The summed E-state index contributed by atoms with van der Waals surface area (Å²) in [4.78, 5) is 26.0. The smallest absolute Gasteiger partial charge is 0.324 e. The molecule has 9 heteroatoms. The molecule has 0 heterocycles. The van der Waals surface area contributed by atoms with Gasteiger partial charge in [0.2, 0.25) is 5.91 Å². The lowest BCUT2D eigenvalue weighted by Gasteiger charge is -2.27. The second-order valence-corrected chi connectivity index (χ2v) is 6.42. The van der Waals surface area contributed by atoms with Gasteiger partial charge >= 0.3 is 16.5 Å². The van der Waals surface area contributed by atoms with E-state index in [0.29, 0.717) is 12.0 Å². The van der Waals surface area contributed by atoms with E-state index in [0.717, 1.165) is 12.8 Å². The van der Waals surface area contributed by atoms with Gasteiger partial charge in [0.15, 0.2) is 0 Å². The third kappa shape index (κ3) is 6.14. The Morgan fingerprint density at radius 3 is 2.58 bits per heavy atom. The maximum absolute atomic E-state index is 12.7. The summed E-state index contributed by atoms with van der Waals surface area (Å²) in [6, 6.07) is 3.95. The fourth-order valence-corrected chi connectivity index (χ4v) is 2.87. The van der Waals surface area contributed by atoms with Gasteiger partial charge in [-0.2, -0.15) is 8.42 Å². The number of methoxy groups -OCH3 is 1. The van der Waals surface area contributed by atoms with Crippen LogP contribution in [0.5, 0.6) is 5.75 Å². The van der Waals surface area contributed by atoms with Crippen LogP contribution in [0.4, 0.5) is 10.5 Å². The molecule has 0 saturated carbocycles. The molecule has 1 atom stereocenters. The molecule has 1 rings (SSSR count). The van der Waals surface area contributed by atoms with Crippen molar-refractivity contribution in [2.45, 2.75) is 45.6 Å². The quantitative estimate of drug-likeness (QED) is 0.743. The predicted molar refractivity (Wildman–Crippen MR) is 98.0 cm³/mol. The van der Waals surface area contributed by atoms with Crippen LogP contribution in [-0.2, 0) is 21.7 Å². The molecule has 8 nitrogen and oxygen atoms in total. The lowest BCUT2D eigenvalue weighted by molar-refractivity contribution is -0.129. The number of hydrogen-bond donors (Lipinski definition) is 1. The Balaban J connectivity index is 3.08. The number of nitrogens with one attached hydrogen (secondary N) is 1. The molecule has 0 aliphatic heterocycles. The van der Waals surface area contributed by atoms with E-state index in [4.69, 9.17) is 4.74 Å². The van der Waals surface area contributed by atoms with Crippen LogP contribution in [0.25, 0.3) is 0 Å². The minimum Gasteiger partial charge on any atom is -0.494 e. The molecule has 0 radical (unpaired) electrons. The number of imide groups is 1. The van der Waals surface area contributed by atoms with Crippen molar-refractivity contribution in [3.05, 3.63) is 23.8 Å². The van der Waals surface area contributed by atoms with Crippen molar-refractivity contribution in [3.8, 4) is 5.75 Å². The molecule has 3 amide bonds. The Morgan fingerprint density at radius 1 is 1.35 bits per heavy atom. The Labute approximate surface area is 155 Å². The second-order valence-electron chi connectivity index (χ2n) is 5.80. The van der Waals surface area contributed by atoms with Gasteiger partial charge in [-0.3, -0.25) is 9.69 Å². The van der Waals surface area contributed by atoms with Crippen molar-refractivity contribution < 1.29 is 22.7 Å². The van der Waals surface area contributed by atoms with E-state index in [1.54, 1.807) is 12.1 Å². The number of unbranched alkanes of at least 4 members (excludes halogenated alkanes) is 1. The maximum Gasteiger partial charge on any atom is 0.324 e. The topological polar surface area (TPSA) is 105 Å². The zero-order chi connectivity index (χ0) is 19.7. The molecule has 1 aromatic carbocycles. The normalized spacial score (nSPS) is 11.4. The Kier molecular flexibility index (Phi) is 8.77. The van der Waals surface area contributed by atoms with Crippen molar-refractivity contribution in [1.82, 2.24) is 10.2 Å². The molecule has 1 N–H and O–H groups in total. The number of benzene rings is 1. The third-order valence-electron chi connectivity index (χ3n) is 3.89. The van der Waals surface area contributed by atoms with Crippen LogP contribution < -0.4 is 10.1 Å². The van der Waals surface area contributed by atoms with E-state index >= 15 is 0 Å². The number of amides is 3. The van der Waals surface area contributed by atoms with Crippen LogP contribution >= 0.6 is 0 Å². The average Bonchev–Trinajstić information content (AvgIpc) is 2.59. The average molecular weight is 383 g/mol. The summed E-state index contributed by atoms with van der Waals surface area (Å²) in [5.41, 5.74) is 0.647. The first-order valence-electron chi connectivity index (χ1n) is 8.35. The van der Waals surface area contributed by atoms with Gasteiger partial charge in [-0.25, -0.2) is 4.79 Å². The molecule has 0 bridgehead atoms. The summed E-state index contributed by atoms with van der Waals surface area (Å²) in [5, 5.41) is 2.49. The highest BCUT2D eigenvalue weighted by Gasteiger charge is 2.26. The van der Waals surface area contributed by atoms with Crippen molar-refractivity contribution in [1.29, 1.82) is 0 Å². The number of carbonyl (C=O) groups excluding carboxylic acids is 2. The summed E-state index contributed by atoms with van der Waals surface area (Å²) in [6.07, 6.45) is 2.54. The van der Waals surface area contributed by atoms with Crippen molar-refractivity contribution in [3.63, 3.8) is 0 Å². The van der Waals surface area contributed by atoms with Crippen LogP contribution in [0.1, 0.15) is 38.7 Å². The molecule has 0 fully saturated rings. The van der Waals surface area contributed by atoms with Gasteiger partial charge < -0.3 is 10.1 Å². The van der Waals surface area contributed by atoms with Gasteiger partial charge in [-0.15, -0.1) is 4.36 Å². The molecule has 0 saturated heterocycles. The number of urea groups is 1. The molecule has 0 spiro atoms. The molecule has 0 aliphatic carbocycles. The first kappa shape index (κ1) is 21.6. The fraction of sp³-hybridized carbons (Fsp3) is 0.529. The van der Waals surface area contributed by atoms with Crippen molar-refractivity contribution >= 4 is 28.1 Å². The number of carbonyl (C=O) groups is 2. The predicted octanol–water partition coefficient (Wildman–Crippen LogP) is 2.68. The summed E-state index contributed by atoms with van der Waals surface area (Å²) in [6.45, 7) is 3.87. The van der Waals surface area contributed by atoms with Gasteiger partial charge in [-0.05, 0) is 31.0 Å². The van der Waals surface area contributed by atoms with E-state index < -0.39 is 16.5 Å². The molecule has 144 valence electrons. The first-order valence-corrected chi connectivity index (χ1v) is 9.39. The lowest BCUT2D eigenvalue weighted by atomic mass is 10.1. The zero-order valence-corrected chi connectivity index (χ0v) is 16.3. The highest BCUT2D eigenvalue weighted by Crippen LogP contribution is 2.28. The van der Waals surface area contributed by atoms with Gasteiger partial charge in [-0.1, -0.05) is 25.8 Å². The van der Waals surface area contributed by atoms with Gasteiger partial charge in [0.1, 0.15) is 11.4 Å². The Morgan fingerprint density at radius 2 is 2.04 bits per heavy atom. The van der Waals surface area contributed by atoms with Crippen LogP contribution in [-0.4, -0.2) is 45.5 Å². The number of rotatable bonds is 8. The zero-order valence-electron chi connectivity index (χ0n) is 15.5. The largest absolute Gasteiger partial charge is 0.494 e. The minimum atomic E-state index is -2.64. The minimum absolute atomic E-state index is 0.0537. The molecule has 1 aromatic rings. The van der Waals surface area contributed by atoms with E-state index in [2.05, 4.69) is 9.68 Å². The van der Waals surface area contributed by atoms with Gasteiger partial charge in [0.25, 0.3) is 0 Å².